The lowest BCUT2D eigenvalue weighted by atomic mass is 9.89. The number of unbranched alkanes of at least 4 members (excludes halogenated alkanes) is 2. The highest BCUT2D eigenvalue weighted by atomic mass is 16.5. The summed E-state index contributed by atoms with van der Waals surface area (Å²) in [5.41, 5.74) is -0.639. The summed E-state index contributed by atoms with van der Waals surface area (Å²) in [4.78, 5) is 0. The molecule has 0 aliphatic rings. The molecule has 2 heteroatoms. The Morgan fingerprint density at radius 2 is 1.60 bits per heavy atom. The van der Waals surface area contributed by atoms with Gasteiger partial charge >= 0.3 is 0 Å². The summed E-state index contributed by atoms with van der Waals surface area (Å²) >= 11 is 0. The number of aliphatic hydroxyl groups is 1. The quantitative estimate of drug-likeness (QED) is 0.629. The van der Waals surface area contributed by atoms with Crippen LogP contribution in [0.2, 0.25) is 0 Å². The van der Waals surface area contributed by atoms with Crippen molar-refractivity contribution in [2.24, 2.45) is 0 Å². The van der Waals surface area contributed by atoms with Crippen LogP contribution < -0.4 is 0 Å². The van der Waals surface area contributed by atoms with Crippen LogP contribution in [0, 0.1) is 0 Å². The summed E-state index contributed by atoms with van der Waals surface area (Å²) in [7, 11) is 1.73. The fraction of sp³-hybridized carbons (Fsp3) is 1.00. The average molecular weight is 216 g/mol. The Labute approximate surface area is 95.0 Å². The van der Waals surface area contributed by atoms with Gasteiger partial charge in [-0.25, -0.2) is 0 Å². The van der Waals surface area contributed by atoms with Crippen molar-refractivity contribution < 1.29 is 9.84 Å². The predicted octanol–water partition coefficient (Wildman–Crippen LogP) is 3.52. The Hall–Kier alpha value is -0.0800. The molecule has 0 heterocycles. The second-order valence-electron chi connectivity index (χ2n) is 5.42. The van der Waals surface area contributed by atoms with E-state index in [9.17, 15) is 5.11 Å². The van der Waals surface area contributed by atoms with Crippen molar-refractivity contribution in [1.82, 2.24) is 0 Å². The van der Waals surface area contributed by atoms with Crippen molar-refractivity contribution in [3.63, 3.8) is 0 Å². The molecule has 0 fully saturated rings. The number of hydrogen-bond donors (Lipinski definition) is 1. The number of methoxy groups -OCH3 is 1. The Morgan fingerprint density at radius 3 is 2.07 bits per heavy atom. The largest absolute Gasteiger partial charge is 0.390 e. The summed E-state index contributed by atoms with van der Waals surface area (Å²) < 4.78 is 5.35. The Balaban J connectivity index is 3.82. The van der Waals surface area contributed by atoms with Crippen molar-refractivity contribution in [1.29, 1.82) is 0 Å². The van der Waals surface area contributed by atoms with Crippen LogP contribution in [0.5, 0.6) is 0 Å². The topological polar surface area (TPSA) is 29.5 Å². The monoisotopic (exact) mass is 216 g/mol. The smallest absolute Gasteiger partial charge is 0.0623 e. The highest BCUT2D eigenvalue weighted by Crippen LogP contribution is 2.25. The number of hydrogen-bond acceptors (Lipinski definition) is 2. The lowest BCUT2D eigenvalue weighted by Gasteiger charge is -2.29. The molecule has 1 unspecified atom stereocenters. The fourth-order valence-electron chi connectivity index (χ4n) is 1.55. The van der Waals surface area contributed by atoms with Gasteiger partial charge in [0.1, 0.15) is 0 Å². The molecule has 0 saturated carbocycles. The van der Waals surface area contributed by atoms with E-state index in [0.717, 1.165) is 25.7 Å². The molecule has 0 aliphatic carbocycles. The number of rotatable bonds is 8. The van der Waals surface area contributed by atoms with Crippen LogP contribution in [-0.2, 0) is 4.74 Å². The standard InChI is InChI=1S/C13H28O2/c1-6-7-8-9-13(4,14)11-10-12(2,3)15-5/h14H,6-11H2,1-5H3. The van der Waals surface area contributed by atoms with E-state index in [0.29, 0.717) is 0 Å². The molecule has 0 amide bonds. The van der Waals surface area contributed by atoms with Gasteiger partial charge < -0.3 is 9.84 Å². The van der Waals surface area contributed by atoms with Gasteiger partial charge in [0.25, 0.3) is 0 Å². The molecule has 92 valence electrons. The van der Waals surface area contributed by atoms with Crippen LogP contribution in [0.15, 0.2) is 0 Å². The van der Waals surface area contributed by atoms with Gasteiger partial charge in [0.05, 0.1) is 11.2 Å². The lowest BCUT2D eigenvalue weighted by Crippen LogP contribution is -2.30. The van der Waals surface area contributed by atoms with Crippen molar-refractivity contribution in [3.05, 3.63) is 0 Å². The first-order valence-corrected chi connectivity index (χ1v) is 6.10. The zero-order valence-corrected chi connectivity index (χ0v) is 11.1. The van der Waals surface area contributed by atoms with Gasteiger partial charge in [-0.05, 0) is 40.0 Å². The van der Waals surface area contributed by atoms with Crippen LogP contribution in [0.3, 0.4) is 0 Å². The molecule has 0 rings (SSSR count). The summed E-state index contributed by atoms with van der Waals surface area (Å²) in [6, 6.07) is 0. The van der Waals surface area contributed by atoms with Gasteiger partial charge in [-0.1, -0.05) is 26.2 Å². The highest BCUT2D eigenvalue weighted by Gasteiger charge is 2.25. The third-order valence-electron chi connectivity index (χ3n) is 3.14. The minimum absolute atomic E-state index is 0.116. The summed E-state index contributed by atoms with van der Waals surface area (Å²) in [5, 5.41) is 10.1. The molecular weight excluding hydrogens is 188 g/mol. The molecule has 0 bridgehead atoms. The van der Waals surface area contributed by atoms with E-state index in [2.05, 4.69) is 20.8 Å². The molecule has 1 atom stereocenters. The van der Waals surface area contributed by atoms with Gasteiger partial charge in [-0.2, -0.15) is 0 Å². The van der Waals surface area contributed by atoms with Crippen molar-refractivity contribution >= 4 is 0 Å². The molecule has 0 aliphatic heterocycles. The average Bonchev–Trinajstić information content (AvgIpc) is 2.16. The molecule has 0 radical (unpaired) electrons. The lowest BCUT2D eigenvalue weighted by molar-refractivity contribution is -0.0227. The fourth-order valence-corrected chi connectivity index (χ4v) is 1.55. The zero-order chi connectivity index (χ0) is 11.9. The molecule has 15 heavy (non-hydrogen) atoms. The Bertz CT molecular complexity index is 162. The molecule has 0 aromatic rings. The molecule has 0 spiro atoms. The SMILES string of the molecule is CCCCCC(C)(O)CCC(C)(C)OC. The molecule has 1 N–H and O–H groups in total. The predicted molar refractivity (Wildman–Crippen MR) is 65.1 cm³/mol. The van der Waals surface area contributed by atoms with Gasteiger partial charge in [-0.15, -0.1) is 0 Å². The first-order chi connectivity index (χ1) is 6.83. The number of ether oxygens (including phenoxy) is 1. The molecule has 0 aromatic heterocycles. The van der Waals surface area contributed by atoms with Crippen molar-refractivity contribution in [3.8, 4) is 0 Å². The summed E-state index contributed by atoms with van der Waals surface area (Å²) in [6.07, 6.45) is 6.17. The first kappa shape index (κ1) is 14.9. The van der Waals surface area contributed by atoms with Gasteiger partial charge in [-0.3, -0.25) is 0 Å². The second kappa shape index (κ2) is 6.49. The second-order valence-corrected chi connectivity index (χ2v) is 5.42. The van der Waals surface area contributed by atoms with Crippen LogP contribution in [0.25, 0.3) is 0 Å². The molecular formula is C13H28O2. The maximum absolute atomic E-state index is 10.1. The van der Waals surface area contributed by atoms with E-state index < -0.39 is 5.60 Å². The Morgan fingerprint density at radius 1 is 1.00 bits per heavy atom. The van der Waals surface area contributed by atoms with E-state index in [1.807, 2.05) is 6.92 Å². The van der Waals surface area contributed by atoms with Crippen LogP contribution in [-0.4, -0.2) is 23.4 Å². The van der Waals surface area contributed by atoms with Crippen molar-refractivity contribution in [2.45, 2.75) is 77.4 Å². The maximum atomic E-state index is 10.1. The van der Waals surface area contributed by atoms with Crippen molar-refractivity contribution in [2.75, 3.05) is 7.11 Å². The van der Waals surface area contributed by atoms with E-state index in [1.165, 1.54) is 12.8 Å². The minimum Gasteiger partial charge on any atom is -0.390 e. The van der Waals surface area contributed by atoms with E-state index in [1.54, 1.807) is 7.11 Å². The zero-order valence-electron chi connectivity index (χ0n) is 11.1. The Kier molecular flexibility index (Phi) is 6.46. The summed E-state index contributed by atoms with van der Waals surface area (Å²) in [6.45, 7) is 8.25. The van der Waals surface area contributed by atoms with Crippen LogP contribution in [0.1, 0.15) is 66.2 Å². The molecule has 0 aromatic carbocycles. The third-order valence-corrected chi connectivity index (χ3v) is 3.14. The van der Waals surface area contributed by atoms with Crippen LogP contribution >= 0.6 is 0 Å². The molecule has 0 saturated heterocycles. The first-order valence-electron chi connectivity index (χ1n) is 6.10. The minimum atomic E-state index is -0.523. The van der Waals surface area contributed by atoms with Gasteiger partial charge in [0.15, 0.2) is 0 Å². The third kappa shape index (κ3) is 7.80. The van der Waals surface area contributed by atoms with Crippen LogP contribution in [0.4, 0.5) is 0 Å². The molecule has 2 nitrogen and oxygen atoms in total. The summed E-state index contributed by atoms with van der Waals surface area (Å²) in [5.74, 6) is 0. The van der Waals surface area contributed by atoms with E-state index in [-0.39, 0.29) is 5.60 Å². The normalized spacial score (nSPS) is 16.4. The maximum Gasteiger partial charge on any atom is 0.0623 e. The van der Waals surface area contributed by atoms with Gasteiger partial charge in [0, 0.05) is 7.11 Å². The van der Waals surface area contributed by atoms with E-state index in [4.69, 9.17) is 4.74 Å². The van der Waals surface area contributed by atoms with E-state index >= 15 is 0 Å². The highest BCUT2D eigenvalue weighted by molar-refractivity contribution is 4.78. The van der Waals surface area contributed by atoms with Gasteiger partial charge in [0.2, 0.25) is 0 Å².